The second kappa shape index (κ2) is 6.98. The minimum atomic E-state index is -0.562. The minimum absolute atomic E-state index is 0.0205. The first kappa shape index (κ1) is 17.6. The third-order valence-electron chi connectivity index (χ3n) is 3.65. The van der Waals surface area contributed by atoms with Gasteiger partial charge >= 0.3 is 0 Å². The smallest absolute Gasteiger partial charge is 0.217 e. The molecule has 0 aliphatic carbocycles. The molecule has 3 rings (SSSR count). The van der Waals surface area contributed by atoms with Crippen LogP contribution in [0.3, 0.4) is 0 Å². The number of benzene rings is 2. The minimum Gasteiger partial charge on any atom is -0.506 e. The molecular formula is C17H14Cl2FNO4. The van der Waals surface area contributed by atoms with E-state index in [1.54, 1.807) is 0 Å². The summed E-state index contributed by atoms with van der Waals surface area (Å²) < 4.78 is 25.4. The van der Waals surface area contributed by atoms with E-state index >= 15 is 0 Å². The highest BCUT2D eigenvalue weighted by Crippen LogP contribution is 2.48. The molecule has 0 saturated heterocycles. The molecule has 5 nitrogen and oxygen atoms in total. The Morgan fingerprint density at radius 3 is 2.88 bits per heavy atom. The van der Waals surface area contributed by atoms with Crippen LogP contribution in [0.15, 0.2) is 24.3 Å². The lowest BCUT2D eigenvalue weighted by Gasteiger charge is -2.28. The number of ether oxygens (including phenoxy) is 2. The summed E-state index contributed by atoms with van der Waals surface area (Å²) in [6.45, 7) is 1.77. The summed E-state index contributed by atoms with van der Waals surface area (Å²) in [6, 6.07) is 5.19. The Hall–Kier alpha value is -2.18. The fourth-order valence-electron chi connectivity index (χ4n) is 2.51. The zero-order valence-electron chi connectivity index (χ0n) is 13.1. The monoisotopic (exact) mass is 385 g/mol. The zero-order valence-corrected chi connectivity index (χ0v) is 14.6. The van der Waals surface area contributed by atoms with Crippen LogP contribution >= 0.6 is 23.2 Å². The molecule has 2 aromatic carbocycles. The van der Waals surface area contributed by atoms with Gasteiger partial charge in [-0.15, -0.1) is 0 Å². The summed E-state index contributed by atoms with van der Waals surface area (Å²) in [5, 5.41) is 12.7. The standard InChI is InChI=1S/C17H14Cl2FNO4/c1-8(22)21-6-10-7-24-14-5-9(20)4-11(17(14)25-10)15-12(18)2-3-13(23)16(15)19/h2-5,10,23H,6-7H2,1H3,(H,21,22)/t10-/m0/s1. The van der Waals surface area contributed by atoms with Crippen LogP contribution in [0.4, 0.5) is 4.39 Å². The lowest BCUT2D eigenvalue weighted by molar-refractivity contribution is -0.119. The van der Waals surface area contributed by atoms with Crippen molar-refractivity contribution < 1.29 is 23.8 Å². The number of amides is 1. The number of fused-ring (bicyclic) bond motifs is 1. The fraction of sp³-hybridized carbons (Fsp3) is 0.235. The summed E-state index contributed by atoms with van der Waals surface area (Å²) in [6.07, 6.45) is -0.463. The number of nitrogens with one attached hydrogen (secondary N) is 1. The molecule has 0 fully saturated rings. The molecule has 8 heteroatoms. The first-order chi connectivity index (χ1) is 11.9. The summed E-state index contributed by atoms with van der Waals surface area (Å²) in [7, 11) is 0. The fourth-order valence-corrected chi connectivity index (χ4v) is 3.09. The molecule has 0 unspecified atom stereocenters. The van der Waals surface area contributed by atoms with E-state index in [-0.39, 0.29) is 57.5 Å². The van der Waals surface area contributed by atoms with Gasteiger partial charge in [-0.2, -0.15) is 0 Å². The summed E-state index contributed by atoms with van der Waals surface area (Å²) in [5.41, 5.74) is 0.497. The van der Waals surface area contributed by atoms with Crippen molar-refractivity contribution in [2.75, 3.05) is 13.2 Å². The lowest BCUT2D eigenvalue weighted by atomic mass is 10.0. The maximum atomic E-state index is 14.0. The van der Waals surface area contributed by atoms with Crippen molar-refractivity contribution in [1.82, 2.24) is 5.32 Å². The van der Waals surface area contributed by atoms with Crippen LogP contribution in [0, 0.1) is 5.82 Å². The van der Waals surface area contributed by atoms with Crippen LogP contribution in [0.2, 0.25) is 10.0 Å². The van der Waals surface area contributed by atoms with Crippen molar-refractivity contribution in [3.63, 3.8) is 0 Å². The maximum Gasteiger partial charge on any atom is 0.217 e. The van der Waals surface area contributed by atoms with E-state index < -0.39 is 11.9 Å². The molecule has 1 amide bonds. The third-order valence-corrected chi connectivity index (χ3v) is 4.35. The summed E-state index contributed by atoms with van der Waals surface area (Å²) >= 11 is 12.4. The van der Waals surface area contributed by atoms with E-state index in [0.717, 1.165) is 0 Å². The van der Waals surface area contributed by atoms with Crippen LogP contribution in [-0.2, 0) is 4.79 Å². The molecule has 0 spiro atoms. The van der Waals surface area contributed by atoms with Gasteiger partial charge in [0.05, 0.1) is 16.6 Å². The van der Waals surface area contributed by atoms with Crippen LogP contribution in [-0.4, -0.2) is 30.3 Å². The Labute approximate surface area is 153 Å². The molecule has 2 N–H and O–H groups in total. The largest absolute Gasteiger partial charge is 0.506 e. The molecular weight excluding hydrogens is 372 g/mol. The second-order valence-corrected chi connectivity index (χ2v) is 6.31. The SMILES string of the molecule is CC(=O)NC[C@H]1COc2cc(F)cc(-c3c(Cl)ccc(O)c3Cl)c2O1. The summed E-state index contributed by atoms with van der Waals surface area (Å²) in [5.74, 6) is -0.506. The number of hydrogen-bond acceptors (Lipinski definition) is 4. The number of rotatable bonds is 3. The van der Waals surface area contributed by atoms with Gasteiger partial charge in [-0.05, 0) is 18.2 Å². The van der Waals surface area contributed by atoms with Crippen molar-refractivity contribution >= 4 is 29.1 Å². The van der Waals surface area contributed by atoms with Gasteiger partial charge < -0.3 is 19.9 Å². The normalized spacial score (nSPS) is 15.8. The van der Waals surface area contributed by atoms with Crippen molar-refractivity contribution in [1.29, 1.82) is 0 Å². The average Bonchev–Trinajstić information content (AvgIpc) is 2.56. The van der Waals surface area contributed by atoms with E-state index in [9.17, 15) is 14.3 Å². The molecule has 0 aromatic heterocycles. The van der Waals surface area contributed by atoms with Gasteiger partial charge in [0.25, 0.3) is 0 Å². The molecule has 0 bridgehead atoms. The van der Waals surface area contributed by atoms with Gasteiger partial charge in [-0.25, -0.2) is 4.39 Å². The van der Waals surface area contributed by atoms with Gasteiger partial charge in [0.15, 0.2) is 11.5 Å². The molecule has 1 aliphatic heterocycles. The predicted octanol–water partition coefficient (Wildman–Crippen LogP) is 3.78. The maximum absolute atomic E-state index is 14.0. The Bertz CT molecular complexity index is 844. The van der Waals surface area contributed by atoms with Crippen LogP contribution in [0.25, 0.3) is 11.1 Å². The highest BCUT2D eigenvalue weighted by molar-refractivity contribution is 6.40. The van der Waals surface area contributed by atoms with Gasteiger partial charge in [0, 0.05) is 24.1 Å². The third kappa shape index (κ3) is 3.60. The number of aromatic hydroxyl groups is 1. The number of carbonyl (C=O) groups is 1. The van der Waals surface area contributed by atoms with Crippen LogP contribution < -0.4 is 14.8 Å². The highest BCUT2D eigenvalue weighted by Gasteiger charge is 2.27. The quantitative estimate of drug-likeness (QED) is 0.843. The van der Waals surface area contributed by atoms with Crippen molar-refractivity contribution in [3.05, 3.63) is 40.1 Å². The molecule has 0 radical (unpaired) electrons. The van der Waals surface area contributed by atoms with Crippen LogP contribution in [0.1, 0.15) is 6.92 Å². The van der Waals surface area contributed by atoms with Gasteiger partial charge in [0.1, 0.15) is 24.3 Å². The van der Waals surface area contributed by atoms with E-state index in [1.807, 2.05) is 0 Å². The topological polar surface area (TPSA) is 67.8 Å². The summed E-state index contributed by atoms with van der Waals surface area (Å²) in [4.78, 5) is 11.1. The molecule has 2 aromatic rings. The van der Waals surface area contributed by atoms with E-state index in [0.29, 0.717) is 0 Å². The number of phenols is 1. The average molecular weight is 386 g/mol. The van der Waals surface area contributed by atoms with Gasteiger partial charge in [-0.1, -0.05) is 23.2 Å². The van der Waals surface area contributed by atoms with Crippen molar-refractivity contribution in [2.24, 2.45) is 0 Å². The van der Waals surface area contributed by atoms with E-state index in [4.69, 9.17) is 32.7 Å². The van der Waals surface area contributed by atoms with Gasteiger partial charge in [0.2, 0.25) is 5.91 Å². The van der Waals surface area contributed by atoms with E-state index in [2.05, 4.69) is 5.32 Å². The first-order valence-corrected chi connectivity index (χ1v) is 8.17. The van der Waals surface area contributed by atoms with Crippen molar-refractivity contribution in [2.45, 2.75) is 13.0 Å². The highest BCUT2D eigenvalue weighted by atomic mass is 35.5. The molecule has 1 atom stereocenters. The molecule has 0 saturated carbocycles. The Morgan fingerprint density at radius 2 is 2.16 bits per heavy atom. The Morgan fingerprint density at radius 1 is 1.40 bits per heavy atom. The van der Waals surface area contributed by atoms with E-state index in [1.165, 1.54) is 31.2 Å². The molecule has 1 aliphatic rings. The molecule has 132 valence electrons. The van der Waals surface area contributed by atoms with Crippen LogP contribution in [0.5, 0.6) is 17.2 Å². The number of phenolic OH excluding ortho intramolecular Hbond substituents is 1. The number of halogens is 3. The van der Waals surface area contributed by atoms with Crippen molar-refractivity contribution in [3.8, 4) is 28.4 Å². The number of hydrogen-bond donors (Lipinski definition) is 2. The Kier molecular flexibility index (Phi) is 4.92. The predicted molar refractivity (Wildman–Crippen MR) is 92.1 cm³/mol. The lowest BCUT2D eigenvalue weighted by Crippen LogP contribution is -2.40. The zero-order chi connectivity index (χ0) is 18.1. The second-order valence-electron chi connectivity index (χ2n) is 5.52. The molecule has 1 heterocycles. The number of carbonyl (C=O) groups excluding carboxylic acids is 1. The first-order valence-electron chi connectivity index (χ1n) is 7.41. The Balaban J connectivity index is 2.07. The van der Waals surface area contributed by atoms with Gasteiger partial charge in [-0.3, -0.25) is 4.79 Å². The molecule has 25 heavy (non-hydrogen) atoms.